The summed E-state index contributed by atoms with van der Waals surface area (Å²) in [6.07, 6.45) is 3.90. The van der Waals surface area contributed by atoms with Crippen LogP contribution in [0.3, 0.4) is 0 Å². The van der Waals surface area contributed by atoms with Crippen LogP contribution in [0.25, 0.3) is 6.08 Å². The minimum Gasteiger partial charge on any atom is -0.493 e. The molecule has 9 heteroatoms. The molecule has 2 aromatic rings. The van der Waals surface area contributed by atoms with Crippen molar-refractivity contribution in [2.24, 2.45) is 0 Å². The van der Waals surface area contributed by atoms with Crippen molar-refractivity contribution in [2.75, 3.05) is 20.3 Å². The first kappa shape index (κ1) is 25.0. The van der Waals surface area contributed by atoms with Crippen molar-refractivity contribution >= 4 is 39.9 Å². The molecule has 1 fully saturated rings. The van der Waals surface area contributed by atoms with Crippen LogP contribution in [-0.4, -0.2) is 43.1 Å². The Morgan fingerprint density at radius 2 is 1.82 bits per heavy atom. The van der Waals surface area contributed by atoms with E-state index < -0.39 is 17.8 Å². The Labute approximate surface area is 206 Å². The summed E-state index contributed by atoms with van der Waals surface area (Å²) < 4.78 is 17.2. The van der Waals surface area contributed by atoms with E-state index in [1.165, 1.54) is 13.2 Å². The van der Waals surface area contributed by atoms with E-state index in [-0.39, 0.29) is 12.1 Å². The average Bonchev–Trinajstić information content (AvgIpc) is 2.82. The number of ether oxygens (including phenoxy) is 3. The van der Waals surface area contributed by atoms with Crippen LogP contribution in [0.5, 0.6) is 17.2 Å². The van der Waals surface area contributed by atoms with E-state index in [2.05, 4.69) is 27.8 Å². The van der Waals surface area contributed by atoms with Crippen LogP contribution in [0.2, 0.25) is 0 Å². The first-order valence-electron chi connectivity index (χ1n) is 10.6. The number of imide groups is 2. The molecule has 0 bridgehead atoms. The molecule has 1 heterocycles. The van der Waals surface area contributed by atoms with Gasteiger partial charge in [-0.25, -0.2) is 4.79 Å². The molecule has 2 aromatic carbocycles. The van der Waals surface area contributed by atoms with Crippen LogP contribution < -0.4 is 19.5 Å². The molecule has 4 amide bonds. The second-order valence-corrected chi connectivity index (χ2v) is 8.19. The lowest BCUT2D eigenvalue weighted by molar-refractivity contribution is -0.130. The molecule has 1 N–H and O–H groups in total. The second kappa shape index (κ2) is 11.5. The Bertz CT molecular complexity index is 1140. The summed E-state index contributed by atoms with van der Waals surface area (Å²) in [5.74, 6) is 0.214. The van der Waals surface area contributed by atoms with Gasteiger partial charge >= 0.3 is 6.03 Å². The monoisotopic (exact) mass is 528 g/mol. The number of barbiturate groups is 1. The molecule has 0 aromatic heterocycles. The van der Waals surface area contributed by atoms with E-state index in [4.69, 9.17) is 14.2 Å². The molecule has 178 valence electrons. The Morgan fingerprint density at radius 1 is 1.06 bits per heavy atom. The number of nitrogens with zero attached hydrogens (tertiary/aromatic N) is 1. The molecule has 0 saturated carbocycles. The third kappa shape index (κ3) is 5.85. The van der Waals surface area contributed by atoms with Gasteiger partial charge in [-0.2, -0.15) is 0 Å². The summed E-state index contributed by atoms with van der Waals surface area (Å²) in [7, 11) is 1.52. The summed E-state index contributed by atoms with van der Waals surface area (Å²) >= 11 is 3.41. The standard InChI is InChI=1S/C25H25BrN2O6/c1-4-10-33-20-8-6-16(13-19(20)26)12-18-23(29)27-25(31)28(24(18)30)15-17-7-9-21(34-11-5-2)22(14-17)32-3/h4,6-9,12-14H,1,5,10-11,15H2,2-3H3,(H,27,29,31)/b18-12+. The van der Waals surface area contributed by atoms with Gasteiger partial charge in [-0.3, -0.25) is 19.8 Å². The van der Waals surface area contributed by atoms with E-state index in [1.54, 1.807) is 42.5 Å². The van der Waals surface area contributed by atoms with Crippen LogP contribution in [-0.2, 0) is 16.1 Å². The molecule has 1 saturated heterocycles. The van der Waals surface area contributed by atoms with Gasteiger partial charge < -0.3 is 14.2 Å². The highest BCUT2D eigenvalue weighted by atomic mass is 79.9. The zero-order valence-electron chi connectivity index (χ0n) is 18.9. The molecule has 0 unspecified atom stereocenters. The minimum atomic E-state index is -0.785. The summed E-state index contributed by atoms with van der Waals surface area (Å²) in [6, 6.07) is 9.52. The minimum absolute atomic E-state index is 0.0439. The molecular weight excluding hydrogens is 504 g/mol. The SMILES string of the molecule is C=CCOc1ccc(/C=C2\C(=O)NC(=O)N(Cc3ccc(OCCC)c(OC)c3)C2=O)cc1Br. The largest absolute Gasteiger partial charge is 0.493 e. The van der Waals surface area contributed by atoms with Gasteiger partial charge in [-0.1, -0.05) is 31.7 Å². The number of carbonyl (C=O) groups excluding carboxylic acids is 3. The number of rotatable bonds is 10. The van der Waals surface area contributed by atoms with E-state index in [0.717, 1.165) is 11.3 Å². The van der Waals surface area contributed by atoms with E-state index in [0.29, 0.717) is 46.1 Å². The topological polar surface area (TPSA) is 94.2 Å². The third-order valence-corrected chi connectivity index (χ3v) is 5.46. The van der Waals surface area contributed by atoms with Gasteiger partial charge in [0.2, 0.25) is 0 Å². The summed E-state index contributed by atoms with van der Waals surface area (Å²) in [5, 5.41) is 2.23. The lowest BCUT2D eigenvalue weighted by Crippen LogP contribution is -2.53. The van der Waals surface area contributed by atoms with Crippen LogP contribution in [0.4, 0.5) is 4.79 Å². The van der Waals surface area contributed by atoms with Gasteiger partial charge in [-0.15, -0.1) is 0 Å². The predicted molar refractivity (Wildman–Crippen MR) is 131 cm³/mol. The quantitative estimate of drug-likeness (QED) is 0.277. The van der Waals surface area contributed by atoms with Crippen molar-refractivity contribution in [3.8, 4) is 17.2 Å². The Kier molecular flexibility index (Phi) is 8.48. The maximum absolute atomic E-state index is 13.1. The molecule has 1 aliphatic rings. The first-order chi connectivity index (χ1) is 16.4. The van der Waals surface area contributed by atoms with Crippen molar-refractivity contribution in [1.82, 2.24) is 10.2 Å². The van der Waals surface area contributed by atoms with Gasteiger partial charge in [0.05, 0.1) is 24.7 Å². The van der Waals surface area contributed by atoms with E-state index in [9.17, 15) is 14.4 Å². The number of carbonyl (C=O) groups is 3. The third-order valence-electron chi connectivity index (χ3n) is 4.84. The zero-order valence-corrected chi connectivity index (χ0v) is 20.5. The van der Waals surface area contributed by atoms with Gasteiger partial charge in [0.15, 0.2) is 11.5 Å². The number of halogens is 1. The number of methoxy groups -OCH3 is 1. The Balaban J connectivity index is 1.83. The van der Waals surface area contributed by atoms with Gasteiger partial charge in [0.25, 0.3) is 11.8 Å². The number of nitrogens with one attached hydrogen (secondary N) is 1. The highest BCUT2D eigenvalue weighted by Crippen LogP contribution is 2.30. The summed E-state index contributed by atoms with van der Waals surface area (Å²) in [4.78, 5) is 38.9. The number of hydrogen-bond acceptors (Lipinski definition) is 6. The van der Waals surface area contributed by atoms with Gasteiger partial charge in [-0.05, 0) is 63.8 Å². The average molecular weight is 529 g/mol. The molecule has 3 rings (SSSR count). The van der Waals surface area contributed by atoms with Crippen LogP contribution >= 0.6 is 15.9 Å². The lowest BCUT2D eigenvalue weighted by atomic mass is 10.1. The molecule has 0 spiro atoms. The van der Waals surface area contributed by atoms with Crippen molar-refractivity contribution in [3.05, 3.63) is 70.2 Å². The predicted octanol–water partition coefficient (Wildman–Crippen LogP) is 4.47. The zero-order chi connectivity index (χ0) is 24.7. The number of amides is 4. The van der Waals surface area contributed by atoms with Crippen LogP contribution in [0.1, 0.15) is 24.5 Å². The lowest BCUT2D eigenvalue weighted by Gasteiger charge is -2.26. The van der Waals surface area contributed by atoms with Gasteiger partial charge in [0.1, 0.15) is 17.9 Å². The first-order valence-corrected chi connectivity index (χ1v) is 11.4. The summed E-state index contributed by atoms with van der Waals surface area (Å²) in [5.41, 5.74) is 1.08. The highest BCUT2D eigenvalue weighted by Gasteiger charge is 2.35. The molecule has 0 radical (unpaired) electrons. The second-order valence-electron chi connectivity index (χ2n) is 7.33. The highest BCUT2D eigenvalue weighted by molar-refractivity contribution is 9.10. The molecule has 0 aliphatic carbocycles. The Hall–Kier alpha value is -3.59. The van der Waals surface area contributed by atoms with E-state index in [1.807, 2.05) is 6.92 Å². The van der Waals surface area contributed by atoms with Crippen LogP contribution in [0, 0.1) is 0 Å². The molecule has 1 aliphatic heterocycles. The molecule has 0 atom stereocenters. The number of benzene rings is 2. The van der Waals surface area contributed by atoms with Crippen molar-refractivity contribution in [2.45, 2.75) is 19.9 Å². The molecule has 8 nitrogen and oxygen atoms in total. The van der Waals surface area contributed by atoms with E-state index >= 15 is 0 Å². The maximum atomic E-state index is 13.1. The van der Waals surface area contributed by atoms with Crippen molar-refractivity contribution < 1.29 is 28.6 Å². The fraction of sp³-hybridized carbons (Fsp3) is 0.240. The molecular formula is C25H25BrN2O6. The van der Waals surface area contributed by atoms with Crippen molar-refractivity contribution in [3.63, 3.8) is 0 Å². The Morgan fingerprint density at radius 3 is 2.50 bits per heavy atom. The summed E-state index contributed by atoms with van der Waals surface area (Å²) in [6.45, 7) is 6.44. The fourth-order valence-corrected chi connectivity index (χ4v) is 3.71. The normalized spacial score (nSPS) is 14.7. The number of urea groups is 1. The smallest absolute Gasteiger partial charge is 0.331 e. The van der Waals surface area contributed by atoms with Crippen LogP contribution in [0.15, 0.2) is 59.1 Å². The maximum Gasteiger partial charge on any atom is 0.331 e. The van der Waals surface area contributed by atoms with Gasteiger partial charge in [0, 0.05) is 0 Å². The molecule has 34 heavy (non-hydrogen) atoms. The number of hydrogen-bond donors (Lipinski definition) is 1. The van der Waals surface area contributed by atoms with Crippen molar-refractivity contribution in [1.29, 1.82) is 0 Å². The fourth-order valence-electron chi connectivity index (χ4n) is 3.20.